The molecule has 1 unspecified atom stereocenters. The number of piperidine rings is 1. The van der Waals surface area contributed by atoms with Gasteiger partial charge in [-0.25, -0.2) is 4.39 Å². The second kappa shape index (κ2) is 5.10. The highest BCUT2D eigenvalue weighted by atomic mass is 19.1. The van der Waals surface area contributed by atoms with Crippen LogP contribution in [0.1, 0.15) is 30.1 Å². The van der Waals surface area contributed by atoms with E-state index in [0.29, 0.717) is 0 Å². The lowest BCUT2D eigenvalue weighted by Gasteiger charge is -2.41. The second-order valence-corrected chi connectivity index (χ2v) is 6.51. The van der Waals surface area contributed by atoms with Crippen molar-refractivity contribution >= 4 is 0 Å². The summed E-state index contributed by atoms with van der Waals surface area (Å²) in [6.45, 7) is 2.09. The van der Waals surface area contributed by atoms with E-state index >= 15 is 0 Å². The first-order valence-electron chi connectivity index (χ1n) is 7.89. The van der Waals surface area contributed by atoms with E-state index in [-0.39, 0.29) is 17.3 Å². The molecule has 1 fully saturated rings. The number of ether oxygens (including phenoxy) is 1. The molecular weight excluding hydrogens is 277 g/mol. The molecular formula is C19H20FNO. The second-order valence-electron chi connectivity index (χ2n) is 6.51. The molecule has 2 aliphatic heterocycles. The maximum atomic E-state index is 13.7. The predicted octanol–water partition coefficient (Wildman–Crippen LogP) is 3.92. The Bertz CT molecular complexity index is 691. The van der Waals surface area contributed by atoms with E-state index in [1.165, 1.54) is 11.6 Å². The topological polar surface area (TPSA) is 12.5 Å². The zero-order chi connectivity index (χ0) is 15.2. The van der Waals surface area contributed by atoms with Gasteiger partial charge in [-0.1, -0.05) is 30.3 Å². The largest absolute Gasteiger partial charge is 0.484 e. The molecule has 3 heteroatoms. The zero-order valence-corrected chi connectivity index (χ0v) is 12.8. The standard InChI is InChI=1S/C19H20FNO/c1-21-11-9-19(10-12-21)16-7-2-3-8-17(16)22-18(19)14-5-4-6-15(20)13-14/h2-8,13,18H,9-12H2,1H3. The van der Waals surface area contributed by atoms with Gasteiger partial charge in [0.05, 0.1) is 0 Å². The van der Waals surface area contributed by atoms with Gasteiger partial charge < -0.3 is 9.64 Å². The fraction of sp³-hybridized carbons (Fsp3) is 0.368. The maximum absolute atomic E-state index is 13.7. The number of nitrogens with zero attached hydrogens (tertiary/aromatic N) is 1. The van der Waals surface area contributed by atoms with Crippen LogP contribution >= 0.6 is 0 Å². The molecule has 4 rings (SSSR count). The van der Waals surface area contributed by atoms with Gasteiger partial charge in [0.15, 0.2) is 0 Å². The van der Waals surface area contributed by atoms with Gasteiger partial charge in [-0.05, 0) is 56.7 Å². The number of benzene rings is 2. The molecule has 0 saturated carbocycles. The van der Waals surface area contributed by atoms with E-state index in [1.54, 1.807) is 12.1 Å². The van der Waals surface area contributed by atoms with Gasteiger partial charge in [-0.15, -0.1) is 0 Å². The van der Waals surface area contributed by atoms with Gasteiger partial charge in [0, 0.05) is 11.0 Å². The van der Waals surface area contributed by atoms with E-state index in [0.717, 1.165) is 37.2 Å². The van der Waals surface area contributed by atoms with Crippen LogP contribution in [0.15, 0.2) is 48.5 Å². The van der Waals surface area contributed by atoms with Crippen LogP contribution in [0.2, 0.25) is 0 Å². The molecule has 2 aliphatic rings. The van der Waals surface area contributed by atoms with Crippen molar-refractivity contribution in [3.8, 4) is 5.75 Å². The molecule has 114 valence electrons. The number of hydrogen-bond acceptors (Lipinski definition) is 2. The van der Waals surface area contributed by atoms with E-state index in [9.17, 15) is 4.39 Å². The summed E-state index contributed by atoms with van der Waals surface area (Å²) >= 11 is 0. The van der Waals surface area contributed by atoms with Crippen LogP contribution in [0.25, 0.3) is 0 Å². The van der Waals surface area contributed by atoms with Crippen LogP contribution < -0.4 is 4.74 Å². The predicted molar refractivity (Wildman–Crippen MR) is 84.6 cm³/mol. The Labute approximate surface area is 130 Å². The van der Waals surface area contributed by atoms with Gasteiger partial charge >= 0.3 is 0 Å². The minimum absolute atomic E-state index is 0.0309. The average molecular weight is 297 g/mol. The first kappa shape index (κ1) is 13.8. The summed E-state index contributed by atoms with van der Waals surface area (Å²) < 4.78 is 20.0. The molecule has 2 heterocycles. The van der Waals surface area contributed by atoms with E-state index < -0.39 is 0 Å². The zero-order valence-electron chi connectivity index (χ0n) is 12.8. The Morgan fingerprint density at radius 3 is 2.64 bits per heavy atom. The van der Waals surface area contributed by atoms with Gasteiger partial charge in [0.25, 0.3) is 0 Å². The highest BCUT2D eigenvalue weighted by Gasteiger charge is 2.50. The summed E-state index contributed by atoms with van der Waals surface area (Å²) in [5.74, 6) is 0.765. The summed E-state index contributed by atoms with van der Waals surface area (Å²) in [5.41, 5.74) is 2.20. The third kappa shape index (κ3) is 2.03. The molecule has 1 saturated heterocycles. The number of hydrogen-bond donors (Lipinski definition) is 0. The Kier molecular flexibility index (Phi) is 3.19. The number of likely N-dealkylation sites (tertiary alicyclic amines) is 1. The van der Waals surface area contributed by atoms with E-state index in [1.807, 2.05) is 18.2 Å². The normalized spacial score (nSPS) is 23.3. The van der Waals surface area contributed by atoms with Crippen molar-refractivity contribution in [3.63, 3.8) is 0 Å². The van der Waals surface area contributed by atoms with Crippen molar-refractivity contribution in [2.24, 2.45) is 0 Å². The van der Waals surface area contributed by atoms with E-state index in [2.05, 4.69) is 24.1 Å². The number of rotatable bonds is 1. The molecule has 1 spiro atoms. The molecule has 0 amide bonds. The Balaban J connectivity index is 1.82. The molecule has 1 atom stereocenters. The number of fused-ring (bicyclic) bond motifs is 2. The molecule has 2 nitrogen and oxygen atoms in total. The Hall–Kier alpha value is -1.87. The lowest BCUT2D eigenvalue weighted by Crippen LogP contribution is -2.43. The summed E-state index contributed by atoms with van der Waals surface area (Å²) in [4.78, 5) is 2.36. The van der Waals surface area contributed by atoms with Crippen molar-refractivity contribution in [3.05, 3.63) is 65.5 Å². The first-order chi connectivity index (χ1) is 10.7. The molecule has 22 heavy (non-hydrogen) atoms. The van der Waals surface area contributed by atoms with Crippen molar-refractivity contribution < 1.29 is 9.13 Å². The molecule has 2 aromatic rings. The van der Waals surface area contributed by atoms with Crippen LogP contribution in [0.3, 0.4) is 0 Å². The first-order valence-corrected chi connectivity index (χ1v) is 7.89. The highest BCUT2D eigenvalue weighted by Crippen LogP contribution is 2.55. The monoisotopic (exact) mass is 297 g/mol. The number of halogens is 1. The summed E-state index contributed by atoms with van der Waals surface area (Å²) in [5, 5.41) is 0. The van der Waals surface area contributed by atoms with Gasteiger partial charge in [0.2, 0.25) is 0 Å². The van der Waals surface area contributed by atoms with Gasteiger partial charge in [-0.3, -0.25) is 0 Å². The van der Waals surface area contributed by atoms with Crippen molar-refractivity contribution in [1.82, 2.24) is 4.90 Å². The van der Waals surface area contributed by atoms with Gasteiger partial charge in [0.1, 0.15) is 17.7 Å². The van der Waals surface area contributed by atoms with Crippen molar-refractivity contribution in [2.45, 2.75) is 24.4 Å². The maximum Gasteiger partial charge on any atom is 0.134 e. The minimum atomic E-state index is -0.194. The molecule has 2 aromatic carbocycles. The van der Waals surface area contributed by atoms with E-state index in [4.69, 9.17) is 4.74 Å². The SMILES string of the molecule is CN1CCC2(CC1)c1ccccc1OC2c1cccc(F)c1. The molecule has 0 N–H and O–H groups in total. The summed E-state index contributed by atoms with van der Waals surface area (Å²) in [7, 11) is 2.16. The summed E-state index contributed by atoms with van der Waals surface area (Å²) in [6, 6.07) is 15.2. The lowest BCUT2D eigenvalue weighted by molar-refractivity contribution is 0.0859. The van der Waals surface area contributed by atoms with Crippen LogP contribution in [0.4, 0.5) is 4.39 Å². The van der Waals surface area contributed by atoms with Gasteiger partial charge in [-0.2, -0.15) is 0 Å². The lowest BCUT2D eigenvalue weighted by atomic mass is 9.68. The molecule has 0 bridgehead atoms. The van der Waals surface area contributed by atoms with Crippen LogP contribution in [-0.4, -0.2) is 25.0 Å². The van der Waals surface area contributed by atoms with Crippen molar-refractivity contribution in [1.29, 1.82) is 0 Å². The van der Waals surface area contributed by atoms with Crippen LogP contribution in [0.5, 0.6) is 5.75 Å². The fourth-order valence-electron chi connectivity index (χ4n) is 3.97. The Morgan fingerprint density at radius 1 is 1.09 bits per heavy atom. The minimum Gasteiger partial charge on any atom is -0.484 e. The average Bonchev–Trinajstić information content (AvgIpc) is 2.85. The summed E-state index contributed by atoms with van der Waals surface area (Å²) in [6.07, 6.45) is 2.00. The quantitative estimate of drug-likeness (QED) is 0.791. The van der Waals surface area contributed by atoms with Crippen LogP contribution in [-0.2, 0) is 5.41 Å². The third-order valence-electron chi connectivity index (χ3n) is 5.20. The van der Waals surface area contributed by atoms with Crippen LogP contribution in [0, 0.1) is 5.82 Å². The third-order valence-corrected chi connectivity index (χ3v) is 5.20. The molecule has 0 radical (unpaired) electrons. The fourth-order valence-corrected chi connectivity index (χ4v) is 3.97. The number of para-hydroxylation sites is 1. The molecule has 0 aliphatic carbocycles. The van der Waals surface area contributed by atoms with Crippen molar-refractivity contribution in [2.75, 3.05) is 20.1 Å². The molecule has 0 aromatic heterocycles. The Morgan fingerprint density at radius 2 is 1.86 bits per heavy atom. The smallest absolute Gasteiger partial charge is 0.134 e. The highest BCUT2D eigenvalue weighted by molar-refractivity contribution is 5.48.